The van der Waals surface area contributed by atoms with Gasteiger partial charge >= 0.3 is 0 Å². The van der Waals surface area contributed by atoms with Gasteiger partial charge in [-0.05, 0) is 30.5 Å². The Balaban J connectivity index is 2.01. The fourth-order valence-electron chi connectivity index (χ4n) is 2.60. The molecule has 1 aromatic rings. The van der Waals surface area contributed by atoms with Gasteiger partial charge in [0.15, 0.2) is 0 Å². The molecule has 1 fully saturated rings. The molecule has 5 heteroatoms. The van der Waals surface area contributed by atoms with Gasteiger partial charge in [0, 0.05) is 27.1 Å². The zero-order valence-corrected chi connectivity index (χ0v) is 11.8. The first-order valence-electron chi connectivity index (χ1n) is 6.75. The summed E-state index contributed by atoms with van der Waals surface area (Å²) >= 11 is 0. The van der Waals surface area contributed by atoms with Crippen LogP contribution in [-0.4, -0.2) is 41.2 Å². The van der Waals surface area contributed by atoms with E-state index in [-0.39, 0.29) is 23.7 Å². The molecule has 0 aromatic heterocycles. The fraction of sp³-hybridized carbons (Fsp3) is 0.467. The Hall–Kier alpha value is -1.91. The van der Waals surface area contributed by atoms with Gasteiger partial charge in [0.25, 0.3) is 0 Å². The summed E-state index contributed by atoms with van der Waals surface area (Å²) < 4.78 is 12.8. The average molecular weight is 278 g/mol. The Morgan fingerprint density at radius 3 is 2.60 bits per heavy atom. The predicted molar refractivity (Wildman–Crippen MR) is 73.3 cm³/mol. The number of carbonyl (C=O) groups excluding carboxylic acids is 2. The van der Waals surface area contributed by atoms with Crippen LogP contribution in [0.4, 0.5) is 4.39 Å². The monoisotopic (exact) mass is 278 g/mol. The molecule has 4 nitrogen and oxygen atoms in total. The lowest BCUT2D eigenvalue weighted by molar-refractivity contribution is -0.142. The van der Waals surface area contributed by atoms with E-state index in [2.05, 4.69) is 0 Å². The number of hydrogen-bond donors (Lipinski definition) is 0. The second-order valence-corrected chi connectivity index (χ2v) is 5.19. The molecule has 1 aliphatic rings. The van der Waals surface area contributed by atoms with E-state index in [0.29, 0.717) is 19.5 Å². The summed E-state index contributed by atoms with van der Waals surface area (Å²) in [7, 11) is 1.71. The number of rotatable bonds is 3. The van der Waals surface area contributed by atoms with Gasteiger partial charge in [-0.3, -0.25) is 9.59 Å². The van der Waals surface area contributed by atoms with Gasteiger partial charge in [-0.15, -0.1) is 0 Å². The topological polar surface area (TPSA) is 40.6 Å². The van der Waals surface area contributed by atoms with Gasteiger partial charge in [0.05, 0.1) is 0 Å². The zero-order chi connectivity index (χ0) is 14.7. The normalized spacial score (nSPS) is 18.1. The highest BCUT2D eigenvalue weighted by atomic mass is 19.1. The van der Waals surface area contributed by atoms with Gasteiger partial charge in [0.2, 0.25) is 11.8 Å². The van der Waals surface area contributed by atoms with Crippen LogP contribution in [0.15, 0.2) is 24.3 Å². The first-order chi connectivity index (χ1) is 9.49. The molecule has 0 aliphatic carbocycles. The molecule has 1 aromatic carbocycles. The molecule has 0 radical (unpaired) electrons. The van der Waals surface area contributed by atoms with Crippen molar-refractivity contribution in [2.75, 3.05) is 13.6 Å². The minimum atomic E-state index is -0.349. The lowest BCUT2D eigenvalue weighted by Gasteiger charge is -2.27. The second-order valence-electron chi connectivity index (χ2n) is 5.19. The zero-order valence-electron chi connectivity index (χ0n) is 11.8. The number of benzene rings is 1. The maximum Gasteiger partial charge on any atom is 0.245 e. The van der Waals surface area contributed by atoms with Crippen molar-refractivity contribution in [3.63, 3.8) is 0 Å². The molecule has 20 heavy (non-hydrogen) atoms. The molecule has 0 N–H and O–H groups in total. The summed E-state index contributed by atoms with van der Waals surface area (Å²) in [5.41, 5.74) is 0.870. The molecular weight excluding hydrogens is 259 g/mol. The lowest BCUT2D eigenvalue weighted by Crippen LogP contribution is -2.45. The van der Waals surface area contributed by atoms with Gasteiger partial charge in [-0.1, -0.05) is 12.1 Å². The van der Waals surface area contributed by atoms with Crippen LogP contribution in [0, 0.1) is 5.82 Å². The van der Waals surface area contributed by atoms with Crippen molar-refractivity contribution < 1.29 is 14.0 Å². The first-order valence-corrected chi connectivity index (χ1v) is 6.75. The Kier molecular flexibility index (Phi) is 4.37. The SMILES string of the molecule is CC(=O)N1CCCC1C(=O)N(C)Cc1ccc(F)cc1. The van der Waals surface area contributed by atoms with E-state index in [0.717, 1.165) is 12.0 Å². The molecule has 1 unspecified atom stereocenters. The predicted octanol–water partition coefficient (Wildman–Crippen LogP) is 1.79. The van der Waals surface area contributed by atoms with Crippen LogP contribution in [0.25, 0.3) is 0 Å². The Morgan fingerprint density at radius 2 is 2.00 bits per heavy atom. The minimum absolute atomic E-state index is 0.0537. The largest absolute Gasteiger partial charge is 0.340 e. The van der Waals surface area contributed by atoms with Crippen molar-refractivity contribution >= 4 is 11.8 Å². The van der Waals surface area contributed by atoms with Gasteiger partial charge in [-0.2, -0.15) is 0 Å². The molecule has 2 rings (SSSR count). The lowest BCUT2D eigenvalue weighted by atomic mass is 10.1. The number of carbonyl (C=O) groups is 2. The Labute approximate surface area is 118 Å². The third kappa shape index (κ3) is 3.15. The molecule has 2 amide bonds. The molecule has 1 saturated heterocycles. The van der Waals surface area contributed by atoms with Crippen molar-refractivity contribution in [2.45, 2.75) is 32.4 Å². The van der Waals surface area contributed by atoms with Crippen LogP contribution in [0.3, 0.4) is 0 Å². The maximum absolute atomic E-state index is 12.8. The molecule has 0 saturated carbocycles. The number of likely N-dealkylation sites (tertiary alicyclic amines) is 1. The highest BCUT2D eigenvalue weighted by Crippen LogP contribution is 2.19. The number of nitrogens with zero attached hydrogens (tertiary/aromatic N) is 2. The molecule has 1 heterocycles. The van der Waals surface area contributed by atoms with E-state index < -0.39 is 0 Å². The summed E-state index contributed by atoms with van der Waals surface area (Å²) in [6, 6.07) is 5.74. The smallest absolute Gasteiger partial charge is 0.245 e. The van der Waals surface area contributed by atoms with Crippen LogP contribution >= 0.6 is 0 Å². The summed E-state index contributed by atoms with van der Waals surface area (Å²) in [6.07, 6.45) is 1.58. The molecule has 1 aliphatic heterocycles. The molecular formula is C15H19FN2O2. The summed E-state index contributed by atoms with van der Waals surface area (Å²) in [6.45, 7) is 2.56. The van der Waals surface area contributed by atoms with Gasteiger partial charge < -0.3 is 9.80 Å². The number of halogens is 1. The van der Waals surface area contributed by atoms with E-state index in [1.165, 1.54) is 19.1 Å². The Morgan fingerprint density at radius 1 is 1.35 bits per heavy atom. The van der Waals surface area contributed by atoms with Crippen molar-refractivity contribution in [1.82, 2.24) is 9.80 Å². The molecule has 1 atom stereocenters. The summed E-state index contributed by atoms with van der Waals surface area (Å²) in [5.74, 6) is -0.403. The number of likely N-dealkylation sites (N-methyl/N-ethyl adjacent to an activating group) is 1. The van der Waals surface area contributed by atoms with Crippen LogP contribution in [0.1, 0.15) is 25.3 Å². The van der Waals surface area contributed by atoms with E-state index in [9.17, 15) is 14.0 Å². The summed E-state index contributed by atoms with van der Waals surface area (Å²) in [5, 5.41) is 0. The quantitative estimate of drug-likeness (QED) is 0.846. The van der Waals surface area contributed by atoms with Gasteiger partial charge in [-0.25, -0.2) is 4.39 Å². The third-order valence-electron chi connectivity index (χ3n) is 3.65. The van der Waals surface area contributed by atoms with E-state index in [4.69, 9.17) is 0 Å². The second kappa shape index (κ2) is 6.03. The van der Waals surface area contributed by atoms with Crippen LogP contribution in [0.2, 0.25) is 0 Å². The third-order valence-corrected chi connectivity index (χ3v) is 3.65. The maximum atomic E-state index is 12.8. The van der Waals surface area contributed by atoms with E-state index in [1.807, 2.05) is 0 Å². The highest BCUT2D eigenvalue weighted by molar-refractivity contribution is 5.87. The number of hydrogen-bond acceptors (Lipinski definition) is 2. The average Bonchev–Trinajstić information content (AvgIpc) is 2.90. The minimum Gasteiger partial charge on any atom is -0.340 e. The standard InChI is InChI=1S/C15H19FN2O2/c1-11(19)18-9-3-4-14(18)15(20)17(2)10-12-5-7-13(16)8-6-12/h5-8,14H,3-4,9-10H2,1-2H3. The highest BCUT2D eigenvalue weighted by Gasteiger charge is 2.33. The number of amides is 2. The first kappa shape index (κ1) is 14.5. The van der Waals surface area contributed by atoms with E-state index >= 15 is 0 Å². The molecule has 0 bridgehead atoms. The van der Waals surface area contributed by atoms with Crippen molar-refractivity contribution in [2.24, 2.45) is 0 Å². The van der Waals surface area contributed by atoms with Crippen molar-refractivity contribution in [1.29, 1.82) is 0 Å². The molecule has 0 spiro atoms. The summed E-state index contributed by atoms with van der Waals surface area (Å²) in [4.78, 5) is 27.1. The van der Waals surface area contributed by atoms with Crippen molar-refractivity contribution in [3.8, 4) is 0 Å². The fourth-order valence-corrected chi connectivity index (χ4v) is 2.60. The van der Waals surface area contributed by atoms with Gasteiger partial charge in [0.1, 0.15) is 11.9 Å². The Bertz CT molecular complexity index is 501. The van der Waals surface area contributed by atoms with Crippen LogP contribution in [0.5, 0.6) is 0 Å². The van der Waals surface area contributed by atoms with Crippen molar-refractivity contribution in [3.05, 3.63) is 35.6 Å². The van der Waals surface area contributed by atoms with E-state index in [1.54, 1.807) is 29.0 Å². The molecule has 108 valence electrons. The van der Waals surface area contributed by atoms with Crippen LogP contribution in [-0.2, 0) is 16.1 Å². The van der Waals surface area contributed by atoms with Crippen LogP contribution < -0.4 is 0 Å².